The molecule has 2 fully saturated rings. The molecule has 0 spiro atoms. The topological polar surface area (TPSA) is 20.3 Å². The summed E-state index contributed by atoms with van der Waals surface area (Å²) in [4.78, 5) is 14.5. The Hall–Kier alpha value is -0.530. The van der Waals surface area contributed by atoms with Crippen LogP contribution in [0.25, 0.3) is 0 Å². The summed E-state index contributed by atoms with van der Waals surface area (Å²) in [6.45, 7) is 5.47. The quantitative estimate of drug-likeness (QED) is 0.699. The van der Waals surface area contributed by atoms with Crippen molar-refractivity contribution >= 4 is 5.91 Å². The molecule has 86 valence electrons. The van der Waals surface area contributed by atoms with Gasteiger partial charge in [0.15, 0.2) is 0 Å². The Bertz CT molecular complexity index is 241. The fourth-order valence-corrected chi connectivity index (χ4v) is 3.14. The summed E-state index contributed by atoms with van der Waals surface area (Å²) in [5.41, 5.74) is 0.215. The summed E-state index contributed by atoms with van der Waals surface area (Å²) in [5.74, 6) is 0.836. The van der Waals surface area contributed by atoms with Gasteiger partial charge in [-0.05, 0) is 38.5 Å². The summed E-state index contributed by atoms with van der Waals surface area (Å²) in [6, 6.07) is 0. The lowest BCUT2D eigenvalue weighted by Gasteiger charge is -2.41. The predicted octanol–water partition coefficient (Wildman–Crippen LogP) is 2.97. The van der Waals surface area contributed by atoms with Crippen molar-refractivity contribution in [3.05, 3.63) is 0 Å². The molecule has 1 aliphatic carbocycles. The lowest BCUT2D eigenvalue weighted by Crippen LogP contribution is -2.49. The van der Waals surface area contributed by atoms with E-state index >= 15 is 0 Å². The van der Waals surface area contributed by atoms with Crippen LogP contribution in [0.3, 0.4) is 0 Å². The van der Waals surface area contributed by atoms with Gasteiger partial charge < -0.3 is 4.90 Å². The van der Waals surface area contributed by atoms with E-state index in [4.69, 9.17) is 0 Å². The fraction of sp³-hybridized carbons (Fsp3) is 0.923. The average Bonchev–Trinajstić information content (AvgIpc) is 2.59. The highest BCUT2D eigenvalue weighted by Crippen LogP contribution is 2.39. The fourth-order valence-electron chi connectivity index (χ4n) is 3.14. The van der Waals surface area contributed by atoms with E-state index in [0.29, 0.717) is 11.8 Å². The van der Waals surface area contributed by atoms with Gasteiger partial charge in [0, 0.05) is 18.0 Å². The molecule has 0 atom stereocenters. The van der Waals surface area contributed by atoms with E-state index in [-0.39, 0.29) is 5.54 Å². The van der Waals surface area contributed by atoms with Crippen LogP contribution in [0.5, 0.6) is 0 Å². The third kappa shape index (κ3) is 1.68. The summed E-state index contributed by atoms with van der Waals surface area (Å²) < 4.78 is 0. The standard InChI is InChI=1S/C13H23NO/c1-3-13(4-2)9-6-10-14(13)12(15)11-7-5-8-11/h11H,3-10H2,1-2H3. The normalized spacial score (nSPS) is 25.3. The minimum Gasteiger partial charge on any atom is -0.337 e. The monoisotopic (exact) mass is 209 g/mol. The Morgan fingerprint density at radius 1 is 1.27 bits per heavy atom. The maximum Gasteiger partial charge on any atom is 0.226 e. The summed E-state index contributed by atoms with van der Waals surface area (Å²) in [5, 5.41) is 0. The first-order valence-corrected chi connectivity index (χ1v) is 6.55. The molecule has 2 nitrogen and oxygen atoms in total. The van der Waals surface area contributed by atoms with E-state index < -0.39 is 0 Å². The van der Waals surface area contributed by atoms with Gasteiger partial charge in [-0.25, -0.2) is 0 Å². The van der Waals surface area contributed by atoms with E-state index in [2.05, 4.69) is 18.7 Å². The van der Waals surface area contributed by atoms with Crippen LogP contribution in [0.15, 0.2) is 0 Å². The van der Waals surface area contributed by atoms with E-state index in [9.17, 15) is 4.79 Å². The first-order valence-electron chi connectivity index (χ1n) is 6.55. The van der Waals surface area contributed by atoms with Crippen LogP contribution in [0.1, 0.15) is 58.8 Å². The lowest BCUT2D eigenvalue weighted by atomic mass is 9.82. The summed E-state index contributed by atoms with van der Waals surface area (Å²) in [6.07, 6.45) is 8.22. The second-order valence-electron chi connectivity index (χ2n) is 5.15. The third-order valence-electron chi connectivity index (χ3n) is 4.63. The molecule has 1 amide bonds. The largest absolute Gasteiger partial charge is 0.337 e. The number of carbonyl (C=O) groups excluding carboxylic acids is 1. The van der Waals surface area contributed by atoms with Crippen LogP contribution in [0.2, 0.25) is 0 Å². The number of carbonyl (C=O) groups is 1. The third-order valence-corrected chi connectivity index (χ3v) is 4.63. The average molecular weight is 209 g/mol. The molecule has 2 rings (SSSR count). The highest BCUT2D eigenvalue weighted by Gasteiger charge is 2.43. The van der Waals surface area contributed by atoms with Crippen molar-refractivity contribution in [1.29, 1.82) is 0 Å². The molecule has 15 heavy (non-hydrogen) atoms. The van der Waals surface area contributed by atoms with Crippen LogP contribution >= 0.6 is 0 Å². The minimum atomic E-state index is 0.215. The van der Waals surface area contributed by atoms with Gasteiger partial charge in [-0.3, -0.25) is 4.79 Å². The predicted molar refractivity (Wildman–Crippen MR) is 61.6 cm³/mol. The van der Waals surface area contributed by atoms with Gasteiger partial charge in [-0.2, -0.15) is 0 Å². The molecule has 0 bridgehead atoms. The molecule has 1 aliphatic heterocycles. The molecule has 1 saturated heterocycles. The van der Waals surface area contributed by atoms with Crippen molar-refractivity contribution in [2.75, 3.05) is 6.54 Å². The minimum absolute atomic E-state index is 0.215. The van der Waals surface area contributed by atoms with Gasteiger partial charge in [-0.1, -0.05) is 20.3 Å². The van der Waals surface area contributed by atoms with Crippen LogP contribution in [-0.4, -0.2) is 22.9 Å². The number of hydrogen-bond acceptors (Lipinski definition) is 1. The van der Waals surface area contributed by atoms with Gasteiger partial charge >= 0.3 is 0 Å². The molecular weight excluding hydrogens is 186 g/mol. The van der Waals surface area contributed by atoms with Crippen LogP contribution in [0, 0.1) is 5.92 Å². The molecule has 0 aromatic heterocycles. The van der Waals surface area contributed by atoms with Gasteiger partial charge in [-0.15, -0.1) is 0 Å². The molecule has 1 heterocycles. The first-order chi connectivity index (χ1) is 7.23. The summed E-state index contributed by atoms with van der Waals surface area (Å²) in [7, 11) is 0. The van der Waals surface area contributed by atoms with Gasteiger partial charge in [0.05, 0.1) is 0 Å². The highest BCUT2D eigenvalue weighted by atomic mass is 16.2. The van der Waals surface area contributed by atoms with E-state index in [1.54, 1.807) is 0 Å². The number of amides is 1. The molecular formula is C13H23NO. The molecule has 0 radical (unpaired) electrons. The zero-order valence-electron chi connectivity index (χ0n) is 10.1. The molecule has 0 N–H and O–H groups in total. The zero-order chi connectivity index (χ0) is 10.9. The SMILES string of the molecule is CCC1(CC)CCCN1C(=O)C1CCC1. The van der Waals surface area contributed by atoms with E-state index in [1.165, 1.54) is 19.3 Å². The number of rotatable bonds is 3. The highest BCUT2D eigenvalue weighted by molar-refractivity contribution is 5.80. The molecule has 1 saturated carbocycles. The van der Waals surface area contributed by atoms with Crippen molar-refractivity contribution < 1.29 is 4.79 Å². The van der Waals surface area contributed by atoms with Crippen molar-refractivity contribution in [2.24, 2.45) is 5.92 Å². The Kier molecular flexibility index (Phi) is 3.03. The van der Waals surface area contributed by atoms with Crippen LogP contribution in [-0.2, 0) is 4.79 Å². The molecule has 0 aromatic rings. The Morgan fingerprint density at radius 2 is 1.93 bits per heavy atom. The Morgan fingerprint density at radius 3 is 2.40 bits per heavy atom. The number of likely N-dealkylation sites (tertiary alicyclic amines) is 1. The van der Waals surface area contributed by atoms with Gasteiger partial charge in [0.25, 0.3) is 0 Å². The van der Waals surface area contributed by atoms with Gasteiger partial charge in [0.1, 0.15) is 0 Å². The smallest absolute Gasteiger partial charge is 0.226 e. The second-order valence-corrected chi connectivity index (χ2v) is 5.15. The molecule has 0 unspecified atom stereocenters. The number of nitrogens with zero attached hydrogens (tertiary/aromatic N) is 1. The number of hydrogen-bond donors (Lipinski definition) is 0. The first kappa shape index (κ1) is 11.0. The van der Waals surface area contributed by atoms with Crippen molar-refractivity contribution in [3.8, 4) is 0 Å². The maximum atomic E-state index is 12.3. The van der Waals surface area contributed by atoms with E-state index in [1.807, 2.05) is 0 Å². The molecule has 0 aromatic carbocycles. The lowest BCUT2D eigenvalue weighted by molar-refractivity contribution is -0.142. The van der Waals surface area contributed by atoms with Crippen LogP contribution in [0.4, 0.5) is 0 Å². The van der Waals surface area contributed by atoms with Crippen molar-refractivity contribution in [1.82, 2.24) is 4.90 Å². The Balaban J connectivity index is 2.09. The molecule has 2 heteroatoms. The zero-order valence-corrected chi connectivity index (χ0v) is 10.1. The van der Waals surface area contributed by atoms with Crippen molar-refractivity contribution in [2.45, 2.75) is 64.3 Å². The Labute approximate surface area is 93.0 Å². The van der Waals surface area contributed by atoms with Crippen LogP contribution < -0.4 is 0 Å². The van der Waals surface area contributed by atoms with Crippen molar-refractivity contribution in [3.63, 3.8) is 0 Å². The second kappa shape index (κ2) is 4.15. The summed E-state index contributed by atoms with van der Waals surface area (Å²) >= 11 is 0. The van der Waals surface area contributed by atoms with Gasteiger partial charge in [0.2, 0.25) is 5.91 Å². The molecule has 2 aliphatic rings. The van der Waals surface area contributed by atoms with E-state index in [0.717, 1.165) is 32.2 Å². The maximum absolute atomic E-state index is 12.3.